The lowest BCUT2D eigenvalue weighted by Crippen LogP contribution is -2.51. The van der Waals surface area contributed by atoms with Gasteiger partial charge in [0, 0.05) is 19.8 Å². The van der Waals surface area contributed by atoms with Gasteiger partial charge >= 0.3 is 0 Å². The summed E-state index contributed by atoms with van der Waals surface area (Å²) >= 11 is 0. The predicted molar refractivity (Wildman–Crippen MR) is 91.4 cm³/mol. The van der Waals surface area contributed by atoms with Gasteiger partial charge in [-0.15, -0.1) is 0 Å². The van der Waals surface area contributed by atoms with Gasteiger partial charge in [0.25, 0.3) is 0 Å². The third-order valence-corrected chi connectivity index (χ3v) is 5.59. The second kappa shape index (κ2) is 7.02. The van der Waals surface area contributed by atoms with Crippen LogP contribution in [-0.4, -0.2) is 38.8 Å². The molecule has 4 nitrogen and oxygen atoms in total. The lowest BCUT2D eigenvalue weighted by atomic mass is 9.73. The molecule has 2 saturated heterocycles. The number of rotatable bonds is 4. The summed E-state index contributed by atoms with van der Waals surface area (Å²) in [5.41, 5.74) is 0.906. The summed E-state index contributed by atoms with van der Waals surface area (Å²) in [4.78, 5) is 13.1. The minimum atomic E-state index is -0.428. The van der Waals surface area contributed by atoms with Crippen LogP contribution in [0.15, 0.2) is 30.3 Å². The van der Waals surface area contributed by atoms with Gasteiger partial charge in [-0.05, 0) is 49.8 Å². The highest BCUT2D eigenvalue weighted by atomic mass is 16.5. The Morgan fingerprint density at radius 1 is 1.13 bits per heavy atom. The van der Waals surface area contributed by atoms with Crippen LogP contribution in [-0.2, 0) is 14.9 Å². The minimum Gasteiger partial charge on any atom is -0.381 e. The van der Waals surface area contributed by atoms with Crippen LogP contribution >= 0.6 is 0 Å². The van der Waals surface area contributed by atoms with E-state index in [2.05, 4.69) is 29.7 Å². The van der Waals surface area contributed by atoms with E-state index in [1.54, 1.807) is 0 Å². The summed E-state index contributed by atoms with van der Waals surface area (Å²) in [7, 11) is 0. The van der Waals surface area contributed by atoms with E-state index < -0.39 is 5.41 Å². The summed E-state index contributed by atoms with van der Waals surface area (Å²) in [5.74, 6) is 0.173. The molecular formula is C19H28N2O2. The highest BCUT2D eigenvalue weighted by molar-refractivity contribution is 5.88. The number of hydrogen-bond donors (Lipinski definition) is 2. The van der Waals surface area contributed by atoms with Crippen molar-refractivity contribution in [2.75, 3.05) is 32.8 Å². The third kappa shape index (κ3) is 3.59. The molecule has 126 valence electrons. The molecule has 0 atom stereocenters. The van der Waals surface area contributed by atoms with E-state index in [-0.39, 0.29) is 11.3 Å². The fourth-order valence-corrected chi connectivity index (χ4v) is 3.79. The van der Waals surface area contributed by atoms with Gasteiger partial charge < -0.3 is 15.4 Å². The highest BCUT2D eigenvalue weighted by Crippen LogP contribution is 2.35. The minimum absolute atomic E-state index is 0.173. The monoisotopic (exact) mass is 316 g/mol. The van der Waals surface area contributed by atoms with Gasteiger partial charge in [0.05, 0.1) is 5.41 Å². The molecule has 2 fully saturated rings. The lowest BCUT2D eigenvalue weighted by Gasteiger charge is -2.39. The van der Waals surface area contributed by atoms with Gasteiger partial charge in [0.2, 0.25) is 5.91 Å². The predicted octanol–water partition coefficient (Wildman–Crippen LogP) is 2.24. The third-order valence-electron chi connectivity index (χ3n) is 5.59. The Hall–Kier alpha value is -1.39. The second-order valence-corrected chi connectivity index (χ2v) is 7.30. The summed E-state index contributed by atoms with van der Waals surface area (Å²) in [6.07, 6.45) is 3.77. The van der Waals surface area contributed by atoms with E-state index in [1.165, 1.54) is 0 Å². The molecule has 0 spiro atoms. The molecule has 3 rings (SSSR count). The second-order valence-electron chi connectivity index (χ2n) is 7.30. The molecule has 0 bridgehead atoms. The Labute approximate surface area is 139 Å². The number of nitrogens with one attached hydrogen (secondary N) is 2. The lowest BCUT2D eigenvalue weighted by molar-refractivity contribution is -0.131. The molecule has 0 aromatic heterocycles. The first kappa shape index (κ1) is 16.5. The van der Waals surface area contributed by atoms with Crippen LogP contribution in [0.25, 0.3) is 0 Å². The Morgan fingerprint density at radius 2 is 1.78 bits per heavy atom. The number of ether oxygens (including phenoxy) is 1. The van der Waals surface area contributed by atoms with E-state index in [0.717, 1.165) is 50.9 Å². The van der Waals surface area contributed by atoms with Gasteiger partial charge in [0.1, 0.15) is 0 Å². The van der Waals surface area contributed by atoms with Crippen LogP contribution in [0, 0.1) is 5.41 Å². The normalized spacial score (nSPS) is 23.2. The van der Waals surface area contributed by atoms with Crippen LogP contribution in [0.3, 0.4) is 0 Å². The molecule has 0 saturated carbocycles. The quantitative estimate of drug-likeness (QED) is 0.896. The molecule has 0 radical (unpaired) electrons. The molecule has 0 unspecified atom stereocenters. The first-order chi connectivity index (χ1) is 11.1. The van der Waals surface area contributed by atoms with E-state index in [9.17, 15) is 4.79 Å². The summed E-state index contributed by atoms with van der Waals surface area (Å²) < 4.78 is 5.52. The number of piperidine rings is 1. The van der Waals surface area contributed by atoms with E-state index >= 15 is 0 Å². The molecule has 2 heterocycles. The Bertz CT molecular complexity index is 517. The molecular weight excluding hydrogens is 288 g/mol. The van der Waals surface area contributed by atoms with Crippen molar-refractivity contribution in [2.24, 2.45) is 5.41 Å². The van der Waals surface area contributed by atoms with E-state index in [1.807, 2.05) is 18.2 Å². The van der Waals surface area contributed by atoms with Gasteiger partial charge in [-0.3, -0.25) is 4.79 Å². The molecule has 1 aromatic carbocycles. The average Bonchev–Trinajstić information content (AvgIpc) is 2.62. The molecule has 2 N–H and O–H groups in total. The largest absolute Gasteiger partial charge is 0.381 e. The summed E-state index contributed by atoms with van der Waals surface area (Å²) in [6, 6.07) is 10.2. The fraction of sp³-hybridized carbons (Fsp3) is 0.632. The molecule has 0 aliphatic carbocycles. The van der Waals surface area contributed by atoms with Gasteiger partial charge in [0.15, 0.2) is 0 Å². The van der Waals surface area contributed by atoms with Gasteiger partial charge in [-0.25, -0.2) is 0 Å². The van der Waals surface area contributed by atoms with Gasteiger partial charge in [-0.1, -0.05) is 37.3 Å². The molecule has 4 heteroatoms. The van der Waals surface area contributed by atoms with E-state index in [4.69, 9.17) is 4.74 Å². The van der Waals surface area contributed by atoms with Crippen molar-refractivity contribution in [2.45, 2.75) is 38.0 Å². The van der Waals surface area contributed by atoms with Crippen molar-refractivity contribution >= 4 is 5.91 Å². The number of carbonyl (C=O) groups is 1. The smallest absolute Gasteiger partial charge is 0.230 e. The first-order valence-corrected chi connectivity index (χ1v) is 8.77. The molecule has 1 aromatic rings. The molecule has 23 heavy (non-hydrogen) atoms. The maximum Gasteiger partial charge on any atom is 0.230 e. The number of benzene rings is 1. The SMILES string of the molecule is CC1(CNC(=O)C2(c3ccccc3)CCOCC2)CCNCC1. The Kier molecular flexibility index (Phi) is 5.02. The van der Waals surface area contributed by atoms with Crippen LogP contribution < -0.4 is 10.6 Å². The fourth-order valence-electron chi connectivity index (χ4n) is 3.79. The van der Waals surface area contributed by atoms with Crippen molar-refractivity contribution in [1.82, 2.24) is 10.6 Å². The zero-order valence-electron chi connectivity index (χ0n) is 14.1. The van der Waals surface area contributed by atoms with Gasteiger partial charge in [-0.2, -0.15) is 0 Å². The topological polar surface area (TPSA) is 50.4 Å². The number of amides is 1. The Morgan fingerprint density at radius 3 is 2.43 bits per heavy atom. The van der Waals surface area contributed by atoms with Crippen LogP contribution in [0.5, 0.6) is 0 Å². The molecule has 2 aliphatic heterocycles. The zero-order chi connectivity index (χ0) is 16.2. The Balaban J connectivity index is 1.73. The van der Waals surface area contributed by atoms with Crippen molar-refractivity contribution < 1.29 is 9.53 Å². The van der Waals surface area contributed by atoms with Crippen LogP contribution in [0.2, 0.25) is 0 Å². The molecule has 2 aliphatic rings. The number of carbonyl (C=O) groups excluding carboxylic acids is 1. The average molecular weight is 316 g/mol. The van der Waals surface area contributed by atoms with Crippen LogP contribution in [0.1, 0.15) is 38.2 Å². The zero-order valence-corrected chi connectivity index (χ0v) is 14.1. The number of hydrogen-bond acceptors (Lipinski definition) is 3. The standard InChI is InChI=1S/C19H28N2O2/c1-18(7-11-20-12-8-18)15-21-17(22)19(9-13-23-14-10-19)16-5-3-2-4-6-16/h2-6,20H,7-15H2,1H3,(H,21,22). The highest BCUT2D eigenvalue weighted by Gasteiger charge is 2.42. The van der Waals surface area contributed by atoms with Crippen molar-refractivity contribution in [3.63, 3.8) is 0 Å². The van der Waals surface area contributed by atoms with Crippen molar-refractivity contribution in [1.29, 1.82) is 0 Å². The van der Waals surface area contributed by atoms with Crippen molar-refractivity contribution in [3.05, 3.63) is 35.9 Å². The first-order valence-electron chi connectivity index (χ1n) is 8.77. The maximum absolute atomic E-state index is 13.1. The molecule has 1 amide bonds. The van der Waals surface area contributed by atoms with Crippen molar-refractivity contribution in [3.8, 4) is 0 Å². The summed E-state index contributed by atoms with van der Waals surface area (Å²) in [6.45, 7) is 6.46. The maximum atomic E-state index is 13.1. The summed E-state index contributed by atoms with van der Waals surface area (Å²) in [5, 5.41) is 6.67. The van der Waals surface area contributed by atoms with E-state index in [0.29, 0.717) is 13.2 Å². The van der Waals surface area contributed by atoms with Crippen LogP contribution in [0.4, 0.5) is 0 Å².